The largest absolute Gasteiger partial charge is 0.392 e. The Bertz CT molecular complexity index is 390. The Morgan fingerprint density at radius 1 is 1.64 bits per heavy atom. The van der Waals surface area contributed by atoms with Gasteiger partial charge in [0.2, 0.25) is 0 Å². The lowest BCUT2D eigenvalue weighted by Crippen LogP contribution is -2.01. The first-order valence-corrected chi connectivity index (χ1v) is 3.96. The summed E-state index contributed by atoms with van der Waals surface area (Å²) in [6.45, 7) is -0.666. The molecule has 0 bridgehead atoms. The number of nitrogens with zero attached hydrogens (tertiary/aromatic N) is 2. The number of halogens is 3. The molecule has 0 saturated carbocycles. The topological polar surface area (TPSA) is 56.9 Å². The zero-order valence-electron chi connectivity index (χ0n) is 6.84. The van der Waals surface area contributed by atoms with Crippen molar-refractivity contribution in [1.29, 1.82) is 5.26 Å². The minimum atomic E-state index is -2.82. The normalized spacial score (nSPS) is 10.3. The second-order valence-electron chi connectivity index (χ2n) is 2.42. The van der Waals surface area contributed by atoms with Gasteiger partial charge in [-0.15, -0.1) is 0 Å². The highest BCUT2D eigenvalue weighted by atomic mass is 35.5. The molecule has 1 N–H and O–H groups in total. The van der Waals surface area contributed by atoms with E-state index in [9.17, 15) is 8.78 Å². The Hall–Kier alpha value is -1.25. The number of aliphatic hydroxyl groups excluding tert-OH is 1. The van der Waals surface area contributed by atoms with Gasteiger partial charge in [0.15, 0.2) is 0 Å². The van der Waals surface area contributed by atoms with Crippen molar-refractivity contribution >= 4 is 11.6 Å². The Balaban J connectivity index is 3.38. The molecule has 1 aromatic heterocycles. The summed E-state index contributed by atoms with van der Waals surface area (Å²) in [6.07, 6.45) is -1.86. The number of pyridine rings is 1. The van der Waals surface area contributed by atoms with E-state index in [4.69, 9.17) is 22.0 Å². The number of hydrogen-bond donors (Lipinski definition) is 1. The molecule has 1 heterocycles. The highest BCUT2D eigenvalue weighted by molar-refractivity contribution is 6.32. The predicted molar refractivity (Wildman–Crippen MR) is 44.8 cm³/mol. The fraction of sp³-hybridized carbons (Fsp3) is 0.250. The van der Waals surface area contributed by atoms with Gasteiger partial charge in [-0.25, -0.2) is 8.78 Å². The Morgan fingerprint density at radius 3 is 2.71 bits per heavy atom. The first-order chi connectivity index (χ1) is 6.61. The second kappa shape index (κ2) is 4.31. The Kier molecular flexibility index (Phi) is 3.33. The van der Waals surface area contributed by atoms with Crippen LogP contribution in [-0.2, 0) is 6.61 Å². The predicted octanol–water partition coefficient (Wildman–Crippen LogP) is 2.04. The maximum Gasteiger partial charge on any atom is 0.280 e. The van der Waals surface area contributed by atoms with Crippen LogP contribution in [0.3, 0.4) is 0 Å². The Labute approximate surface area is 83.6 Å². The van der Waals surface area contributed by atoms with Crippen molar-refractivity contribution in [2.24, 2.45) is 0 Å². The zero-order chi connectivity index (χ0) is 10.7. The molecule has 0 spiro atoms. The van der Waals surface area contributed by atoms with Gasteiger partial charge in [0.1, 0.15) is 11.8 Å². The van der Waals surface area contributed by atoms with E-state index in [1.165, 1.54) is 0 Å². The molecule has 14 heavy (non-hydrogen) atoms. The van der Waals surface area contributed by atoms with Crippen molar-refractivity contribution in [2.75, 3.05) is 0 Å². The highest BCUT2D eigenvalue weighted by Crippen LogP contribution is 2.28. The van der Waals surface area contributed by atoms with Crippen molar-refractivity contribution in [3.63, 3.8) is 0 Å². The SMILES string of the molecule is N#Cc1cnc(C(F)F)c(CO)c1Cl. The highest BCUT2D eigenvalue weighted by Gasteiger charge is 2.19. The van der Waals surface area contributed by atoms with Gasteiger partial charge in [-0.2, -0.15) is 5.26 Å². The zero-order valence-corrected chi connectivity index (χ0v) is 7.59. The third-order valence-electron chi connectivity index (χ3n) is 1.63. The van der Waals surface area contributed by atoms with Gasteiger partial charge in [-0.05, 0) is 0 Å². The second-order valence-corrected chi connectivity index (χ2v) is 2.80. The summed E-state index contributed by atoms with van der Waals surface area (Å²) in [4.78, 5) is 3.36. The molecule has 0 fully saturated rings. The quantitative estimate of drug-likeness (QED) is 0.826. The monoisotopic (exact) mass is 218 g/mol. The van der Waals surface area contributed by atoms with Crippen LogP contribution in [-0.4, -0.2) is 10.1 Å². The van der Waals surface area contributed by atoms with Crippen LogP contribution in [0.2, 0.25) is 5.02 Å². The summed E-state index contributed by atoms with van der Waals surface area (Å²) >= 11 is 5.60. The molecule has 0 atom stereocenters. The van der Waals surface area contributed by atoms with Gasteiger partial charge in [0.25, 0.3) is 6.43 Å². The number of aromatic nitrogens is 1. The summed E-state index contributed by atoms with van der Waals surface area (Å²) in [5.41, 5.74) is -0.808. The summed E-state index contributed by atoms with van der Waals surface area (Å²) in [5.74, 6) is 0. The minimum absolute atomic E-state index is 0.0277. The lowest BCUT2D eigenvalue weighted by atomic mass is 10.1. The molecule has 0 amide bonds. The van der Waals surface area contributed by atoms with Gasteiger partial charge >= 0.3 is 0 Å². The fourth-order valence-electron chi connectivity index (χ4n) is 0.960. The van der Waals surface area contributed by atoms with Crippen molar-refractivity contribution in [3.05, 3.63) is 28.0 Å². The van der Waals surface area contributed by atoms with Crippen molar-refractivity contribution < 1.29 is 13.9 Å². The summed E-state index contributed by atoms with van der Waals surface area (Å²) in [5, 5.41) is 17.2. The first-order valence-electron chi connectivity index (χ1n) is 3.58. The summed E-state index contributed by atoms with van der Waals surface area (Å²) in [7, 11) is 0. The molecular formula is C8H5ClF2N2O. The van der Waals surface area contributed by atoms with Crippen LogP contribution in [0.4, 0.5) is 8.78 Å². The van der Waals surface area contributed by atoms with Crippen molar-refractivity contribution in [3.8, 4) is 6.07 Å². The number of alkyl halides is 2. The smallest absolute Gasteiger partial charge is 0.280 e. The number of nitriles is 1. The molecule has 0 unspecified atom stereocenters. The maximum absolute atomic E-state index is 12.3. The lowest BCUT2D eigenvalue weighted by molar-refractivity contribution is 0.141. The van der Waals surface area contributed by atoms with Crippen LogP contribution in [0.1, 0.15) is 23.2 Å². The van der Waals surface area contributed by atoms with Gasteiger partial charge in [-0.1, -0.05) is 11.6 Å². The third kappa shape index (κ3) is 1.81. The number of aliphatic hydroxyl groups is 1. The van der Waals surface area contributed by atoms with Crippen LogP contribution < -0.4 is 0 Å². The molecular weight excluding hydrogens is 214 g/mol. The fourth-order valence-corrected chi connectivity index (χ4v) is 1.21. The van der Waals surface area contributed by atoms with E-state index in [1.807, 2.05) is 0 Å². The summed E-state index contributed by atoms with van der Waals surface area (Å²) in [6, 6.07) is 1.69. The molecule has 1 rings (SSSR count). The third-order valence-corrected chi connectivity index (χ3v) is 2.06. The van der Waals surface area contributed by atoms with E-state index in [1.54, 1.807) is 6.07 Å². The van der Waals surface area contributed by atoms with Gasteiger partial charge in [0, 0.05) is 11.8 Å². The molecule has 0 aromatic carbocycles. The van der Waals surface area contributed by atoms with Gasteiger partial charge in [0.05, 0.1) is 17.2 Å². The molecule has 6 heteroatoms. The molecule has 0 radical (unpaired) electrons. The van der Waals surface area contributed by atoms with Crippen LogP contribution in [0.5, 0.6) is 0 Å². The van der Waals surface area contributed by atoms with E-state index in [2.05, 4.69) is 4.98 Å². The lowest BCUT2D eigenvalue weighted by Gasteiger charge is -2.07. The average molecular weight is 219 g/mol. The van der Waals surface area contributed by atoms with Crippen LogP contribution >= 0.6 is 11.6 Å². The minimum Gasteiger partial charge on any atom is -0.392 e. The number of rotatable bonds is 2. The van der Waals surface area contributed by atoms with Crippen LogP contribution in [0.25, 0.3) is 0 Å². The van der Waals surface area contributed by atoms with Gasteiger partial charge in [-0.3, -0.25) is 4.98 Å². The van der Waals surface area contributed by atoms with Crippen molar-refractivity contribution in [1.82, 2.24) is 4.98 Å². The summed E-state index contributed by atoms with van der Waals surface area (Å²) < 4.78 is 24.6. The maximum atomic E-state index is 12.3. The Morgan fingerprint density at radius 2 is 2.29 bits per heavy atom. The molecule has 0 aliphatic heterocycles. The molecule has 0 aliphatic rings. The molecule has 1 aromatic rings. The van der Waals surface area contributed by atoms with E-state index in [-0.39, 0.29) is 16.1 Å². The van der Waals surface area contributed by atoms with E-state index >= 15 is 0 Å². The molecule has 0 aliphatic carbocycles. The van der Waals surface area contributed by atoms with Crippen molar-refractivity contribution in [2.45, 2.75) is 13.0 Å². The standard InChI is InChI=1S/C8H5ClF2N2O/c9-6-4(1-12)2-13-7(8(10)11)5(6)3-14/h2,8,14H,3H2. The number of hydrogen-bond acceptors (Lipinski definition) is 3. The molecule has 74 valence electrons. The van der Waals surface area contributed by atoms with Crippen LogP contribution in [0.15, 0.2) is 6.20 Å². The molecule has 0 saturated heterocycles. The van der Waals surface area contributed by atoms with Crippen LogP contribution in [0, 0.1) is 11.3 Å². The van der Waals surface area contributed by atoms with E-state index in [0.29, 0.717) is 0 Å². The van der Waals surface area contributed by atoms with E-state index in [0.717, 1.165) is 6.20 Å². The first kappa shape index (κ1) is 10.8. The average Bonchev–Trinajstić information content (AvgIpc) is 2.17. The van der Waals surface area contributed by atoms with E-state index < -0.39 is 18.7 Å². The molecule has 3 nitrogen and oxygen atoms in total. The van der Waals surface area contributed by atoms with Gasteiger partial charge < -0.3 is 5.11 Å².